The van der Waals surface area contributed by atoms with Crippen molar-refractivity contribution in [2.24, 2.45) is 11.3 Å². The van der Waals surface area contributed by atoms with Gasteiger partial charge in [0.25, 0.3) is 0 Å². The van der Waals surface area contributed by atoms with Crippen molar-refractivity contribution in [3.63, 3.8) is 0 Å². The van der Waals surface area contributed by atoms with E-state index in [9.17, 15) is 9.59 Å². The number of methoxy groups -OCH3 is 1. The van der Waals surface area contributed by atoms with Crippen molar-refractivity contribution in [3.8, 4) is 5.75 Å². The zero-order valence-corrected chi connectivity index (χ0v) is 21.4. The number of amides is 2. The summed E-state index contributed by atoms with van der Waals surface area (Å²) < 4.78 is 11.2. The van der Waals surface area contributed by atoms with Crippen molar-refractivity contribution in [3.05, 3.63) is 29.8 Å². The fourth-order valence-corrected chi connectivity index (χ4v) is 5.09. The standard InChI is InChI=1S/C27H43N3O4/c1-20(2)16-24-25(31)28-21(3)19-34-15-6-5-10-27(26(32)29-24)11-13-30(14-12-27)18-22-8-7-9-23(17-22)33-4/h7-9,17,20-21,24H,5-6,10-16,18-19H2,1-4H3,(H,28,31)(H,29,32)/t21-,24+/m1/s1. The summed E-state index contributed by atoms with van der Waals surface area (Å²) in [6.45, 7) is 9.84. The van der Waals surface area contributed by atoms with Crippen molar-refractivity contribution < 1.29 is 19.1 Å². The molecule has 2 fully saturated rings. The highest BCUT2D eigenvalue weighted by molar-refractivity contribution is 5.90. The van der Waals surface area contributed by atoms with Crippen molar-refractivity contribution >= 4 is 11.8 Å². The molecule has 2 atom stereocenters. The SMILES string of the molecule is COc1cccc(CN2CCC3(CCCCOC[C@@H](C)NC(=O)[C@H](CC(C)C)NC3=O)CC2)c1. The minimum atomic E-state index is -0.512. The van der Waals surface area contributed by atoms with Crippen LogP contribution in [-0.4, -0.2) is 62.2 Å². The molecule has 2 saturated heterocycles. The third-order valence-electron chi connectivity index (χ3n) is 7.11. The number of piperidine rings is 1. The van der Waals surface area contributed by atoms with E-state index >= 15 is 0 Å². The average Bonchev–Trinajstić information content (AvgIpc) is 2.82. The number of rotatable bonds is 5. The van der Waals surface area contributed by atoms with Crippen LogP contribution in [0.25, 0.3) is 0 Å². The van der Waals surface area contributed by atoms with Crippen LogP contribution in [0.2, 0.25) is 0 Å². The van der Waals surface area contributed by atoms with Gasteiger partial charge in [-0.15, -0.1) is 0 Å². The van der Waals surface area contributed by atoms with E-state index in [4.69, 9.17) is 9.47 Å². The van der Waals surface area contributed by atoms with Gasteiger partial charge in [0, 0.05) is 19.2 Å². The Balaban J connectivity index is 1.71. The normalized spacial score (nSPS) is 25.1. The lowest BCUT2D eigenvalue weighted by Crippen LogP contribution is -2.55. The maximum Gasteiger partial charge on any atom is 0.242 e. The largest absolute Gasteiger partial charge is 0.497 e. The second-order valence-electron chi connectivity index (χ2n) is 10.5. The molecule has 3 rings (SSSR count). The number of nitrogens with one attached hydrogen (secondary N) is 2. The van der Waals surface area contributed by atoms with Crippen LogP contribution in [0.3, 0.4) is 0 Å². The van der Waals surface area contributed by atoms with Crippen LogP contribution < -0.4 is 15.4 Å². The van der Waals surface area contributed by atoms with Crippen LogP contribution in [0.4, 0.5) is 0 Å². The summed E-state index contributed by atoms with van der Waals surface area (Å²) in [6, 6.07) is 7.59. The van der Waals surface area contributed by atoms with Crippen LogP contribution in [0.15, 0.2) is 24.3 Å². The van der Waals surface area contributed by atoms with Gasteiger partial charge in [-0.25, -0.2) is 0 Å². The number of likely N-dealkylation sites (tertiary alicyclic amines) is 1. The van der Waals surface area contributed by atoms with Crippen molar-refractivity contribution in [1.82, 2.24) is 15.5 Å². The fraction of sp³-hybridized carbons (Fsp3) is 0.704. The number of hydrogen-bond acceptors (Lipinski definition) is 5. The van der Waals surface area contributed by atoms with Crippen LogP contribution in [0.1, 0.15) is 64.9 Å². The summed E-state index contributed by atoms with van der Waals surface area (Å²) in [4.78, 5) is 29.1. The molecule has 7 nitrogen and oxygen atoms in total. The maximum atomic E-state index is 13.7. The number of hydrogen-bond donors (Lipinski definition) is 2. The predicted octanol–water partition coefficient (Wildman–Crippen LogP) is 3.51. The Kier molecular flexibility index (Phi) is 9.77. The highest BCUT2D eigenvalue weighted by Crippen LogP contribution is 2.38. The summed E-state index contributed by atoms with van der Waals surface area (Å²) in [5.41, 5.74) is 0.787. The maximum absolute atomic E-state index is 13.7. The zero-order valence-electron chi connectivity index (χ0n) is 21.4. The van der Waals surface area contributed by atoms with Crippen molar-refractivity contribution in [2.75, 3.05) is 33.4 Å². The van der Waals surface area contributed by atoms with E-state index in [1.54, 1.807) is 7.11 Å². The van der Waals surface area contributed by atoms with E-state index in [1.165, 1.54) is 5.56 Å². The first-order valence-electron chi connectivity index (χ1n) is 12.9. The molecule has 7 heteroatoms. The Hall–Kier alpha value is -2.12. The van der Waals surface area contributed by atoms with Crippen LogP contribution >= 0.6 is 0 Å². The van der Waals surface area contributed by atoms with Gasteiger partial charge < -0.3 is 20.1 Å². The van der Waals surface area contributed by atoms with Gasteiger partial charge in [0.2, 0.25) is 11.8 Å². The summed E-state index contributed by atoms with van der Waals surface area (Å²) in [5, 5.41) is 6.20. The van der Waals surface area contributed by atoms with Crippen molar-refractivity contribution in [1.29, 1.82) is 0 Å². The molecule has 2 aliphatic heterocycles. The number of carbonyl (C=O) groups excluding carboxylic acids is 2. The summed E-state index contributed by atoms with van der Waals surface area (Å²) in [5.74, 6) is 1.11. The van der Waals surface area contributed by atoms with Gasteiger partial charge in [-0.05, 0) is 75.7 Å². The molecular formula is C27H43N3O4. The molecule has 34 heavy (non-hydrogen) atoms. The van der Waals surface area contributed by atoms with Gasteiger partial charge in [-0.3, -0.25) is 14.5 Å². The Bertz CT molecular complexity index is 805. The summed E-state index contributed by atoms with van der Waals surface area (Å²) in [7, 11) is 1.69. The second-order valence-corrected chi connectivity index (χ2v) is 10.5. The molecule has 2 N–H and O–H groups in total. The van der Waals surface area contributed by atoms with E-state index in [1.807, 2.05) is 19.1 Å². The Morgan fingerprint density at radius 2 is 1.91 bits per heavy atom. The van der Waals surface area contributed by atoms with Gasteiger partial charge in [-0.1, -0.05) is 32.4 Å². The Morgan fingerprint density at radius 3 is 2.62 bits per heavy atom. The Labute approximate surface area is 204 Å². The zero-order chi connectivity index (χ0) is 24.6. The van der Waals surface area contributed by atoms with Gasteiger partial charge in [0.05, 0.1) is 19.1 Å². The van der Waals surface area contributed by atoms with Crippen LogP contribution in [0.5, 0.6) is 5.75 Å². The highest BCUT2D eigenvalue weighted by atomic mass is 16.5. The predicted molar refractivity (Wildman–Crippen MR) is 134 cm³/mol. The smallest absolute Gasteiger partial charge is 0.242 e. The number of ether oxygens (including phenoxy) is 2. The molecule has 1 spiro atoms. The number of carbonyl (C=O) groups is 2. The molecular weight excluding hydrogens is 430 g/mol. The lowest BCUT2D eigenvalue weighted by atomic mass is 9.73. The molecule has 2 heterocycles. The molecule has 0 aromatic heterocycles. The molecule has 0 unspecified atom stereocenters. The fourth-order valence-electron chi connectivity index (χ4n) is 5.09. The third kappa shape index (κ3) is 7.44. The van der Waals surface area contributed by atoms with Gasteiger partial charge in [0.1, 0.15) is 11.8 Å². The quantitative estimate of drug-likeness (QED) is 0.684. The van der Waals surface area contributed by atoms with Gasteiger partial charge >= 0.3 is 0 Å². The molecule has 1 aromatic rings. The third-order valence-corrected chi connectivity index (χ3v) is 7.11. The van der Waals surface area contributed by atoms with E-state index < -0.39 is 11.5 Å². The van der Waals surface area contributed by atoms with Crippen molar-refractivity contribution in [2.45, 2.75) is 77.9 Å². The molecule has 190 valence electrons. The van der Waals surface area contributed by atoms with Gasteiger partial charge in [0.15, 0.2) is 0 Å². The minimum absolute atomic E-state index is 0.0437. The van der Waals surface area contributed by atoms with E-state index in [0.29, 0.717) is 25.6 Å². The molecule has 0 bridgehead atoms. The second kappa shape index (κ2) is 12.5. The molecule has 1 aromatic carbocycles. The molecule has 0 radical (unpaired) electrons. The first-order chi connectivity index (χ1) is 16.3. The molecule has 0 saturated carbocycles. The minimum Gasteiger partial charge on any atom is -0.497 e. The van der Waals surface area contributed by atoms with E-state index in [2.05, 4.69) is 41.5 Å². The topological polar surface area (TPSA) is 79.9 Å². The number of benzene rings is 1. The highest BCUT2D eigenvalue weighted by Gasteiger charge is 2.42. The first kappa shape index (κ1) is 26.5. The Morgan fingerprint density at radius 1 is 1.15 bits per heavy atom. The monoisotopic (exact) mass is 473 g/mol. The first-order valence-corrected chi connectivity index (χ1v) is 12.9. The van der Waals surface area contributed by atoms with E-state index in [0.717, 1.165) is 57.5 Å². The summed E-state index contributed by atoms with van der Waals surface area (Å²) in [6.07, 6.45) is 4.95. The lowest BCUT2D eigenvalue weighted by Gasteiger charge is -2.41. The lowest BCUT2D eigenvalue weighted by molar-refractivity contribution is -0.138. The molecule has 2 aliphatic rings. The molecule has 2 amide bonds. The van der Waals surface area contributed by atoms with Gasteiger partial charge in [-0.2, -0.15) is 0 Å². The van der Waals surface area contributed by atoms with Crippen LogP contribution in [-0.2, 0) is 20.9 Å². The average molecular weight is 474 g/mol. The van der Waals surface area contributed by atoms with E-state index in [-0.39, 0.29) is 17.9 Å². The van der Waals surface area contributed by atoms with Crippen LogP contribution in [0, 0.1) is 11.3 Å². The summed E-state index contributed by atoms with van der Waals surface area (Å²) >= 11 is 0. The number of nitrogens with zero attached hydrogens (tertiary/aromatic N) is 1. The molecule has 0 aliphatic carbocycles.